The second-order valence-electron chi connectivity index (χ2n) is 4.27. The van der Waals surface area contributed by atoms with Gasteiger partial charge in [-0.05, 0) is 0 Å². The predicted molar refractivity (Wildman–Crippen MR) is 77.9 cm³/mol. The molecule has 0 N–H and O–H groups in total. The molecule has 2 heteroatoms. The Morgan fingerprint density at radius 2 is 1.00 bits per heavy atom. The minimum atomic E-state index is -0.710. The molecule has 0 bridgehead atoms. The molecule has 0 saturated carbocycles. The Hall–Kier alpha value is -0.443. The molecule has 2 aromatic rings. The molecule has 0 nitrogen and oxygen atoms in total. The Kier molecular flexibility index (Phi) is 3.74. The van der Waals surface area contributed by atoms with E-state index in [0.29, 0.717) is 0 Å². The summed E-state index contributed by atoms with van der Waals surface area (Å²) in [6.45, 7) is 0. The SMILES string of the molecule is c1ccc([As]2CCC[As]2c2ccccc2)cc1. The fourth-order valence-corrected chi connectivity index (χ4v) is 28.2. The van der Waals surface area contributed by atoms with Crippen LogP contribution in [-0.4, -0.2) is 25.2 Å². The standard InChI is InChI=1S/C15H16As2/c1-3-8-14(9-4-1)16-12-7-13-17(16)15-10-5-2-6-11-15/h1-6,8-11H,7,12-13H2. The summed E-state index contributed by atoms with van der Waals surface area (Å²) in [6.07, 6.45) is 1.49. The van der Waals surface area contributed by atoms with Crippen molar-refractivity contribution in [1.82, 2.24) is 0 Å². The molecule has 2 atom stereocenters. The summed E-state index contributed by atoms with van der Waals surface area (Å²) in [5.74, 6) is 0. The van der Waals surface area contributed by atoms with Crippen LogP contribution in [0.2, 0.25) is 10.4 Å². The average Bonchev–Trinajstić information content (AvgIpc) is 2.90. The van der Waals surface area contributed by atoms with Gasteiger partial charge < -0.3 is 0 Å². The van der Waals surface area contributed by atoms with Crippen LogP contribution >= 0.6 is 0 Å². The van der Waals surface area contributed by atoms with Gasteiger partial charge in [0.1, 0.15) is 0 Å². The fourth-order valence-electron chi connectivity index (χ4n) is 2.35. The summed E-state index contributed by atoms with van der Waals surface area (Å²) >= 11 is -1.42. The first kappa shape index (κ1) is 11.6. The molecular formula is C15H16As2. The quantitative estimate of drug-likeness (QED) is 0.732. The summed E-state index contributed by atoms with van der Waals surface area (Å²) in [7, 11) is 0. The molecule has 17 heavy (non-hydrogen) atoms. The summed E-state index contributed by atoms with van der Waals surface area (Å²) in [5.41, 5.74) is 0. The maximum absolute atomic E-state index is 2.38. The van der Waals surface area contributed by atoms with Gasteiger partial charge in [0.15, 0.2) is 0 Å². The third kappa shape index (κ3) is 2.54. The second kappa shape index (κ2) is 5.47. The van der Waals surface area contributed by atoms with Gasteiger partial charge in [0.25, 0.3) is 0 Å². The van der Waals surface area contributed by atoms with E-state index in [1.54, 1.807) is 19.1 Å². The monoisotopic (exact) mass is 346 g/mol. The fraction of sp³-hybridized carbons (Fsp3) is 0.200. The molecule has 0 radical (unpaired) electrons. The predicted octanol–water partition coefficient (Wildman–Crippen LogP) is 2.27. The Labute approximate surface area is 111 Å². The average molecular weight is 346 g/mol. The van der Waals surface area contributed by atoms with Crippen molar-refractivity contribution in [3.05, 3.63) is 60.7 Å². The summed E-state index contributed by atoms with van der Waals surface area (Å²) in [5, 5.41) is 3.10. The summed E-state index contributed by atoms with van der Waals surface area (Å²) < 4.78 is 3.45. The van der Waals surface area contributed by atoms with Crippen molar-refractivity contribution in [1.29, 1.82) is 0 Å². The molecule has 2 aromatic carbocycles. The van der Waals surface area contributed by atoms with Gasteiger partial charge in [-0.3, -0.25) is 0 Å². The van der Waals surface area contributed by atoms with E-state index in [-0.39, 0.29) is 0 Å². The van der Waals surface area contributed by atoms with Crippen LogP contribution in [0.5, 0.6) is 0 Å². The van der Waals surface area contributed by atoms with E-state index in [1.807, 2.05) is 0 Å². The van der Waals surface area contributed by atoms with E-state index >= 15 is 0 Å². The first-order valence-corrected chi connectivity index (χ1v) is 15.8. The van der Waals surface area contributed by atoms with Crippen molar-refractivity contribution in [3.8, 4) is 0 Å². The van der Waals surface area contributed by atoms with Crippen molar-refractivity contribution in [2.24, 2.45) is 0 Å². The topological polar surface area (TPSA) is 0 Å². The number of rotatable bonds is 2. The Balaban J connectivity index is 1.91. The van der Waals surface area contributed by atoms with Crippen molar-refractivity contribution < 1.29 is 0 Å². The first-order valence-electron chi connectivity index (χ1n) is 6.10. The maximum atomic E-state index is 2.38. The van der Waals surface area contributed by atoms with E-state index in [4.69, 9.17) is 0 Å². The van der Waals surface area contributed by atoms with Crippen molar-refractivity contribution >= 4 is 33.9 Å². The Morgan fingerprint density at radius 3 is 1.41 bits per heavy atom. The van der Waals surface area contributed by atoms with Crippen LogP contribution in [0.25, 0.3) is 0 Å². The van der Waals surface area contributed by atoms with Gasteiger partial charge in [-0.2, -0.15) is 0 Å². The molecule has 0 spiro atoms. The Bertz CT molecular complexity index is 421. The third-order valence-corrected chi connectivity index (χ3v) is 27.0. The molecule has 0 aliphatic carbocycles. The zero-order valence-electron chi connectivity index (χ0n) is 9.79. The van der Waals surface area contributed by atoms with Crippen LogP contribution in [-0.2, 0) is 0 Å². The van der Waals surface area contributed by atoms with Crippen LogP contribution < -0.4 is 8.70 Å². The third-order valence-electron chi connectivity index (χ3n) is 3.14. The van der Waals surface area contributed by atoms with Crippen LogP contribution in [0.1, 0.15) is 6.42 Å². The summed E-state index contributed by atoms with van der Waals surface area (Å²) in [6, 6.07) is 22.7. The molecule has 1 aliphatic heterocycles. The number of hydrogen-bond acceptors (Lipinski definition) is 0. The zero-order chi connectivity index (χ0) is 11.5. The first-order chi connectivity index (χ1) is 8.45. The van der Waals surface area contributed by atoms with Crippen molar-refractivity contribution in [3.63, 3.8) is 0 Å². The minimum absolute atomic E-state index is 0.710. The van der Waals surface area contributed by atoms with Gasteiger partial charge in [-0.1, -0.05) is 0 Å². The molecule has 1 aliphatic rings. The molecule has 1 fully saturated rings. The molecule has 2 unspecified atom stereocenters. The number of hydrogen-bond donors (Lipinski definition) is 0. The van der Waals surface area contributed by atoms with E-state index < -0.39 is 25.2 Å². The molecule has 1 heterocycles. The van der Waals surface area contributed by atoms with E-state index in [9.17, 15) is 0 Å². The van der Waals surface area contributed by atoms with Crippen molar-refractivity contribution in [2.75, 3.05) is 0 Å². The van der Waals surface area contributed by atoms with Crippen LogP contribution in [0.15, 0.2) is 60.7 Å². The molecule has 0 aromatic heterocycles. The Morgan fingerprint density at radius 1 is 0.588 bits per heavy atom. The van der Waals surface area contributed by atoms with Crippen LogP contribution in [0.3, 0.4) is 0 Å². The van der Waals surface area contributed by atoms with Gasteiger partial charge in [-0.25, -0.2) is 0 Å². The van der Waals surface area contributed by atoms with Gasteiger partial charge >= 0.3 is 111 Å². The van der Waals surface area contributed by atoms with Gasteiger partial charge in [-0.15, -0.1) is 0 Å². The van der Waals surface area contributed by atoms with E-state index in [1.165, 1.54) is 6.42 Å². The van der Waals surface area contributed by atoms with Gasteiger partial charge in [0.05, 0.1) is 0 Å². The second-order valence-corrected chi connectivity index (χ2v) is 22.2. The molecule has 86 valence electrons. The van der Waals surface area contributed by atoms with E-state index in [0.717, 1.165) is 0 Å². The van der Waals surface area contributed by atoms with Gasteiger partial charge in [0.2, 0.25) is 0 Å². The van der Waals surface area contributed by atoms with E-state index in [2.05, 4.69) is 60.7 Å². The zero-order valence-corrected chi connectivity index (χ0v) is 13.5. The normalized spacial score (nSPS) is 23.8. The molecule has 3 rings (SSSR count). The molecule has 0 amide bonds. The van der Waals surface area contributed by atoms with Crippen molar-refractivity contribution in [2.45, 2.75) is 16.8 Å². The molecule has 1 saturated heterocycles. The molecular weight excluding hydrogens is 330 g/mol. The van der Waals surface area contributed by atoms with Gasteiger partial charge in [0, 0.05) is 0 Å². The van der Waals surface area contributed by atoms with Crippen LogP contribution in [0.4, 0.5) is 0 Å². The number of benzene rings is 2. The summed E-state index contributed by atoms with van der Waals surface area (Å²) in [4.78, 5) is 0. The van der Waals surface area contributed by atoms with Crippen LogP contribution in [0, 0.1) is 0 Å².